The molecule has 0 unspecified atom stereocenters. The molecule has 0 saturated heterocycles. The van der Waals surface area contributed by atoms with E-state index in [0.29, 0.717) is 4.48 Å². The minimum Gasteiger partial charge on any atom is -0.404 e. The van der Waals surface area contributed by atoms with Crippen LogP contribution in [0.1, 0.15) is 20.8 Å². The van der Waals surface area contributed by atoms with Crippen molar-refractivity contribution in [1.29, 1.82) is 0 Å². The third kappa shape index (κ3) is 2.64. The smallest absolute Gasteiger partial charge is 0.200 e. The molecule has 0 radical (unpaired) electrons. The van der Waals surface area contributed by atoms with Crippen molar-refractivity contribution in [2.24, 2.45) is 0 Å². The highest BCUT2D eigenvalue weighted by Gasteiger charge is 2.44. The van der Waals surface area contributed by atoms with Crippen molar-refractivity contribution in [3.8, 4) is 0 Å². The maximum absolute atomic E-state index is 11.7. The average molecular weight is 307 g/mol. The lowest BCUT2D eigenvalue weighted by molar-refractivity contribution is -0.123. The van der Waals surface area contributed by atoms with Crippen molar-refractivity contribution in [3.63, 3.8) is 0 Å². The van der Waals surface area contributed by atoms with Gasteiger partial charge in [0, 0.05) is 0 Å². The number of hydrogen-bond acceptors (Lipinski definition) is 3. The van der Waals surface area contributed by atoms with Crippen LogP contribution in [-0.2, 0) is 9.22 Å². The van der Waals surface area contributed by atoms with E-state index >= 15 is 0 Å². The van der Waals surface area contributed by atoms with Gasteiger partial charge in [0.2, 0.25) is 0 Å². The molecule has 92 valence electrons. The first kappa shape index (κ1) is 14.1. The summed E-state index contributed by atoms with van der Waals surface area (Å²) in [4.78, 5) is 11.7. The van der Waals surface area contributed by atoms with E-state index in [4.69, 9.17) is 4.43 Å². The fourth-order valence-corrected chi connectivity index (χ4v) is 2.96. The minimum atomic E-state index is -2.02. The van der Waals surface area contributed by atoms with Crippen molar-refractivity contribution in [2.45, 2.75) is 51.1 Å². The van der Waals surface area contributed by atoms with E-state index in [-0.39, 0.29) is 10.8 Å². The van der Waals surface area contributed by atoms with E-state index in [9.17, 15) is 9.90 Å². The van der Waals surface area contributed by atoms with Gasteiger partial charge in [-0.25, -0.2) is 0 Å². The first-order valence-electron chi connectivity index (χ1n) is 5.34. The van der Waals surface area contributed by atoms with Crippen LogP contribution in [-0.4, -0.2) is 31.4 Å². The zero-order chi connectivity index (χ0) is 12.7. The predicted molar refractivity (Wildman–Crippen MR) is 70.1 cm³/mol. The van der Waals surface area contributed by atoms with Crippen molar-refractivity contribution in [2.75, 3.05) is 0 Å². The molecule has 0 amide bonds. The summed E-state index contributed by atoms with van der Waals surface area (Å²) in [5, 5.41) is 9.76. The lowest BCUT2D eigenvalue weighted by Gasteiger charge is -2.38. The molecule has 1 aliphatic rings. The van der Waals surface area contributed by atoms with Crippen LogP contribution in [0, 0.1) is 0 Å². The highest BCUT2D eigenvalue weighted by atomic mass is 79.9. The Hall–Kier alpha value is 0.0269. The van der Waals surface area contributed by atoms with Crippen LogP contribution in [0.4, 0.5) is 0 Å². The summed E-state index contributed by atoms with van der Waals surface area (Å²) >= 11 is 3.13. The Morgan fingerprint density at radius 3 is 2.25 bits per heavy atom. The molecule has 3 nitrogen and oxygen atoms in total. The summed E-state index contributed by atoms with van der Waals surface area (Å²) < 4.78 is 6.34. The summed E-state index contributed by atoms with van der Waals surface area (Å²) in [6, 6.07) is 0. The Kier molecular flexibility index (Phi) is 3.84. The first-order valence-corrected chi connectivity index (χ1v) is 9.04. The van der Waals surface area contributed by atoms with E-state index in [1.54, 1.807) is 0 Å². The molecule has 2 atom stereocenters. The van der Waals surface area contributed by atoms with Crippen LogP contribution < -0.4 is 0 Å². The number of aliphatic hydroxyl groups excluding tert-OH is 1. The summed E-state index contributed by atoms with van der Waals surface area (Å²) in [7, 11) is -2.02. The second-order valence-electron chi connectivity index (χ2n) is 5.67. The SMILES string of the molecule is CC(C)(C)[Si](C)(C)O[C@@H]1C(=O)C(Br)=C[C@H]1O. The van der Waals surface area contributed by atoms with Gasteiger partial charge in [-0.05, 0) is 40.1 Å². The Bertz CT molecular complexity index is 331. The van der Waals surface area contributed by atoms with Gasteiger partial charge in [-0.3, -0.25) is 4.79 Å². The van der Waals surface area contributed by atoms with E-state index in [1.165, 1.54) is 6.08 Å². The third-order valence-electron chi connectivity index (χ3n) is 3.35. The first-order chi connectivity index (χ1) is 7.06. The number of ketones is 1. The summed E-state index contributed by atoms with van der Waals surface area (Å²) in [5.74, 6) is -0.155. The van der Waals surface area contributed by atoms with Gasteiger partial charge in [-0.1, -0.05) is 20.8 Å². The van der Waals surface area contributed by atoms with Crippen LogP contribution in [0.3, 0.4) is 0 Å². The molecule has 0 bridgehead atoms. The third-order valence-corrected chi connectivity index (χ3v) is 8.46. The average Bonchev–Trinajstić information content (AvgIpc) is 2.30. The number of aliphatic hydroxyl groups is 1. The second kappa shape index (κ2) is 4.36. The molecule has 0 saturated carbocycles. The summed E-state index contributed by atoms with van der Waals surface area (Å²) in [6.45, 7) is 10.5. The second-order valence-corrected chi connectivity index (χ2v) is 11.3. The molecule has 16 heavy (non-hydrogen) atoms. The molecule has 0 aliphatic heterocycles. The summed E-state index contributed by atoms with van der Waals surface area (Å²) in [6.07, 6.45) is -0.0496. The number of hydrogen-bond donors (Lipinski definition) is 1. The fourth-order valence-electron chi connectivity index (χ4n) is 1.23. The van der Waals surface area contributed by atoms with E-state index in [2.05, 4.69) is 49.8 Å². The number of Topliss-reactive ketones (excluding diaryl/α,β-unsaturated/α-hetero) is 1. The quantitative estimate of drug-likeness (QED) is 0.798. The Labute approximate surface area is 106 Å². The van der Waals surface area contributed by atoms with Crippen molar-refractivity contribution in [1.82, 2.24) is 0 Å². The Balaban J connectivity index is 2.81. The molecule has 0 heterocycles. The molecular weight excluding hydrogens is 288 g/mol. The van der Waals surface area contributed by atoms with Crippen molar-refractivity contribution < 1.29 is 14.3 Å². The lowest BCUT2D eigenvalue weighted by atomic mass is 10.2. The van der Waals surface area contributed by atoms with E-state index in [1.807, 2.05) is 0 Å². The van der Waals surface area contributed by atoms with Gasteiger partial charge in [0.05, 0.1) is 4.48 Å². The molecular formula is C11H19BrO3Si. The van der Waals surface area contributed by atoms with E-state index < -0.39 is 20.5 Å². The number of carbonyl (C=O) groups excluding carboxylic acids is 1. The monoisotopic (exact) mass is 306 g/mol. The number of rotatable bonds is 2. The highest BCUT2D eigenvalue weighted by Crippen LogP contribution is 2.39. The van der Waals surface area contributed by atoms with Gasteiger partial charge in [-0.15, -0.1) is 0 Å². The van der Waals surface area contributed by atoms with Crippen LogP contribution in [0.15, 0.2) is 10.6 Å². The number of carbonyl (C=O) groups is 1. The Morgan fingerprint density at radius 2 is 1.94 bits per heavy atom. The molecule has 0 aromatic rings. The van der Waals surface area contributed by atoms with Gasteiger partial charge in [0.1, 0.15) is 12.2 Å². The molecule has 0 fully saturated rings. The van der Waals surface area contributed by atoms with Gasteiger partial charge in [-0.2, -0.15) is 0 Å². The lowest BCUT2D eigenvalue weighted by Crippen LogP contribution is -2.48. The number of halogens is 1. The topological polar surface area (TPSA) is 46.5 Å². The molecule has 0 aromatic heterocycles. The predicted octanol–water partition coefficient (Wildman–Crippen LogP) is 2.60. The van der Waals surface area contributed by atoms with Gasteiger partial charge < -0.3 is 9.53 Å². The zero-order valence-corrected chi connectivity index (χ0v) is 13.0. The fraction of sp³-hybridized carbons (Fsp3) is 0.727. The van der Waals surface area contributed by atoms with Gasteiger partial charge in [0.25, 0.3) is 0 Å². The zero-order valence-electron chi connectivity index (χ0n) is 10.4. The van der Waals surface area contributed by atoms with Crippen molar-refractivity contribution in [3.05, 3.63) is 10.6 Å². The molecule has 5 heteroatoms. The highest BCUT2D eigenvalue weighted by molar-refractivity contribution is 9.12. The van der Waals surface area contributed by atoms with Crippen LogP contribution >= 0.6 is 15.9 Å². The van der Waals surface area contributed by atoms with Gasteiger partial charge in [0.15, 0.2) is 14.1 Å². The van der Waals surface area contributed by atoms with Crippen LogP contribution in [0.5, 0.6) is 0 Å². The Morgan fingerprint density at radius 1 is 1.44 bits per heavy atom. The van der Waals surface area contributed by atoms with Crippen molar-refractivity contribution >= 4 is 30.0 Å². The standard InChI is InChI=1S/C11H19BrO3Si/c1-11(2,3)16(4,5)15-10-8(13)6-7(12)9(10)14/h6,8,10,13H,1-5H3/t8-,10+/m1/s1. The minimum absolute atomic E-state index is 0.0298. The largest absolute Gasteiger partial charge is 0.404 e. The molecule has 1 N–H and O–H groups in total. The normalized spacial score (nSPS) is 27.2. The van der Waals surface area contributed by atoms with Crippen LogP contribution in [0.25, 0.3) is 0 Å². The maximum atomic E-state index is 11.7. The van der Waals surface area contributed by atoms with Crippen LogP contribution in [0.2, 0.25) is 18.1 Å². The summed E-state index contributed by atoms with van der Waals surface area (Å²) in [5.41, 5.74) is 0. The maximum Gasteiger partial charge on any atom is 0.200 e. The molecule has 1 aliphatic carbocycles. The van der Waals surface area contributed by atoms with E-state index in [0.717, 1.165) is 0 Å². The van der Waals surface area contributed by atoms with Gasteiger partial charge >= 0.3 is 0 Å². The molecule has 0 spiro atoms. The molecule has 0 aromatic carbocycles. The molecule has 1 rings (SSSR count).